The number of carbonyl (C=O) groups is 1. The van der Waals surface area contributed by atoms with Crippen molar-refractivity contribution < 1.29 is 9.53 Å². The van der Waals surface area contributed by atoms with E-state index >= 15 is 0 Å². The van der Waals surface area contributed by atoms with Gasteiger partial charge in [-0.15, -0.1) is 0 Å². The van der Waals surface area contributed by atoms with Crippen molar-refractivity contribution in [2.75, 3.05) is 19.4 Å². The molecular formula is C25H27N5O2. The first-order chi connectivity index (χ1) is 15.6. The first-order valence-electron chi connectivity index (χ1n) is 10.2. The predicted molar refractivity (Wildman–Crippen MR) is 127 cm³/mol. The molecule has 3 rings (SSSR count). The zero-order valence-electron chi connectivity index (χ0n) is 17.9. The molecule has 0 radical (unpaired) electrons. The van der Waals surface area contributed by atoms with E-state index in [1.165, 1.54) is 12.4 Å². The average molecular weight is 430 g/mol. The van der Waals surface area contributed by atoms with Crippen LogP contribution in [0.2, 0.25) is 0 Å². The molecule has 164 valence electrons. The summed E-state index contributed by atoms with van der Waals surface area (Å²) in [6, 6.07) is 20.8. The summed E-state index contributed by atoms with van der Waals surface area (Å²) in [5.41, 5.74) is 9.43. The van der Waals surface area contributed by atoms with Crippen molar-refractivity contribution in [3.8, 4) is 0 Å². The minimum atomic E-state index is -0.370. The van der Waals surface area contributed by atoms with Crippen LogP contribution in [0, 0.1) is 5.41 Å². The zero-order chi connectivity index (χ0) is 22.8. The Hall–Kier alpha value is -3.97. The number of carbonyl (C=O) groups excluding carboxylic acids is 1. The maximum atomic E-state index is 13.1. The van der Waals surface area contributed by atoms with Crippen LogP contribution in [0.25, 0.3) is 5.57 Å². The molecule has 1 unspecified atom stereocenters. The first kappa shape index (κ1) is 22.7. The number of benzene rings is 2. The molecule has 0 bridgehead atoms. The van der Waals surface area contributed by atoms with Crippen LogP contribution in [0.1, 0.15) is 33.1 Å². The van der Waals surface area contributed by atoms with Gasteiger partial charge in [0, 0.05) is 36.8 Å². The number of hydrogen-bond acceptors (Lipinski definition) is 6. The Bertz CT molecular complexity index is 1070. The number of nitrogens with two attached hydrogens (primary N) is 1. The average Bonchev–Trinajstić information content (AvgIpc) is 2.83. The van der Waals surface area contributed by atoms with Crippen LogP contribution in [-0.2, 0) is 11.3 Å². The maximum Gasteiger partial charge on any atom is 0.255 e. The van der Waals surface area contributed by atoms with Crippen molar-refractivity contribution in [3.63, 3.8) is 0 Å². The van der Waals surface area contributed by atoms with E-state index in [0.717, 1.165) is 11.1 Å². The van der Waals surface area contributed by atoms with E-state index in [1.54, 1.807) is 19.3 Å². The minimum Gasteiger partial charge on any atom is -0.393 e. The van der Waals surface area contributed by atoms with Crippen LogP contribution in [-0.4, -0.2) is 30.8 Å². The zero-order valence-corrected chi connectivity index (χ0v) is 17.9. The van der Waals surface area contributed by atoms with Crippen LogP contribution < -0.4 is 16.4 Å². The third-order valence-corrected chi connectivity index (χ3v) is 4.86. The lowest BCUT2D eigenvalue weighted by atomic mass is 10.0. The van der Waals surface area contributed by atoms with Gasteiger partial charge in [0.25, 0.3) is 5.91 Å². The Morgan fingerprint density at radius 1 is 1.16 bits per heavy atom. The van der Waals surface area contributed by atoms with Crippen LogP contribution in [0.3, 0.4) is 0 Å². The lowest BCUT2D eigenvalue weighted by molar-refractivity contribution is 0.0797. The molecule has 32 heavy (non-hydrogen) atoms. The van der Waals surface area contributed by atoms with Gasteiger partial charge in [-0.2, -0.15) is 0 Å². The van der Waals surface area contributed by atoms with Crippen molar-refractivity contribution in [2.45, 2.75) is 12.6 Å². The quantitative estimate of drug-likeness (QED) is 0.368. The molecular weight excluding hydrogens is 402 g/mol. The number of allylic oxidation sites excluding steroid dienone is 1. The van der Waals surface area contributed by atoms with E-state index in [2.05, 4.69) is 15.6 Å². The number of aromatic nitrogens is 1. The highest BCUT2D eigenvalue weighted by Gasteiger charge is 2.19. The Labute approximate surface area is 187 Å². The van der Waals surface area contributed by atoms with Crippen LogP contribution >= 0.6 is 0 Å². The van der Waals surface area contributed by atoms with Crippen molar-refractivity contribution in [2.24, 2.45) is 0 Å². The monoisotopic (exact) mass is 429 g/mol. The third kappa shape index (κ3) is 6.02. The summed E-state index contributed by atoms with van der Waals surface area (Å²) in [7, 11) is 1.74. The van der Waals surface area contributed by atoms with E-state index in [1.807, 2.05) is 60.7 Å². The Kier molecular flexibility index (Phi) is 8.11. The predicted octanol–water partition coefficient (Wildman–Crippen LogP) is 3.56. The fourth-order valence-corrected chi connectivity index (χ4v) is 3.19. The molecule has 0 spiro atoms. The lowest BCUT2D eigenvalue weighted by Crippen LogP contribution is -2.32. The van der Waals surface area contributed by atoms with Gasteiger partial charge in [0.15, 0.2) is 0 Å². The largest absolute Gasteiger partial charge is 0.393 e. The Balaban J connectivity index is 1.79. The highest BCUT2D eigenvalue weighted by atomic mass is 16.5. The number of hydrogen-bond donors (Lipinski definition) is 4. The van der Waals surface area contributed by atoms with E-state index in [-0.39, 0.29) is 23.3 Å². The molecule has 7 heteroatoms. The van der Waals surface area contributed by atoms with Gasteiger partial charge in [-0.3, -0.25) is 4.79 Å². The number of rotatable bonds is 10. The first-order valence-corrected chi connectivity index (χ1v) is 10.2. The molecule has 2 aromatic carbocycles. The standard InChI is InChI=1S/C25H27N5O2/c1-28-14-21(13-26)20-12-22(24(27)29-15-20)25(31)30-23(19-10-6-3-7-11-19)17-32-16-18-8-4-2-5-9-18/h2-15,23,26,28H,16-17H2,1H3,(H2,27,29)(H,30,31)/b21-14+,26-13?. The van der Waals surface area contributed by atoms with Gasteiger partial charge >= 0.3 is 0 Å². The number of anilines is 1. The fourth-order valence-electron chi connectivity index (χ4n) is 3.19. The van der Waals surface area contributed by atoms with E-state index in [4.69, 9.17) is 15.9 Å². The van der Waals surface area contributed by atoms with Crippen molar-refractivity contribution in [1.29, 1.82) is 5.41 Å². The number of ether oxygens (including phenoxy) is 1. The molecule has 5 N–H and O–H groups in total. The van der Waals surface area contributed by atoms with Gasteiger partial charge in [-0.05, 0) is 17.2 Å². The van der Waals surface area contributed by atoms with Crippen LogP contribution in [0.5, 0.6) is 0 Å². The van der Waals surface area contributed by atoms with Gasteiger partial charge < -0.3 is 26.5 Å². The molecule has 1 atom stereocenters. The highest BCUT2D eigenvalue weighted by molar-refractivity contribution is 6.09. The molecule has 1 aromatic heterocycles. The third-order valence-electron chi connectivity index (χ3n) is 4.86. The number of nitrogens with zero attached hydrogens (tertiary/aromatic N) is 1. The molecule has 0 saturated heterocycles. The van der Waals surface area contributed by atoms with Gasteiger partial charge in [0.05, 0.1) is 24.8 Å². The summed E-state index contributed by atoms with van der Waals surface area (Å²) in [5.74, 6) is -0.236. The molecule has 0 aliphatic carbocycles. The molecule has 0 fully saturated rings. The van der Waals surface area contributed by atoms with Crippen LogP contribution in [0.15, 0.2) is 79.1 Å². The maximum absolute atomic E-state index is 13.1. The molecule has 1 heterocycles. The van der Waals surface area contributed by atoms with Gasteiger partial charge in [0.1, 0.15) is 5.82 Å². The second-order valence-electron chi connectivity index (χ2n) is 7.13. The highest BCUT2D eigenvalue weighted by Crippen LogP contribution is 2.20. The summed E-state index contributed by atoms with van der Waals surface area (Å²) in [5, 5.41) is 13.5. The van der Waals surface area contributed by atoms with Crippen molar-refractivity contribution in [3.05, 3.63) is 101 Å². The smallest absolute Gasteiger partial charge is 0.255 e. The summed E-state index contributed by atoms with van der Waals surface area (Å²) < 4.78 is 5.91. The minimum absolute atomic E-state index is 0.122. The molecule has 0 aliphatic heterocycles. The van der Waals surface area contributed by atoms with Crippen molar-refractivity contribution >= 4 is 23.5 Å². The SMILES string of the molecule is CN/C=C(\C=N)c1cnc(N)c(C(=O)NC(COCc2ccccc2)c2ccccc2)c1. The van der Waals surface area contributed by atoms with Crippen molar-refractivity contribution in [1.82, 2.24) is 15.6 Å². The van der Waals surface area contributed by atoms with Crippen LogP contribution in [0.4, 0.5) is 5.82 Å². The summed E-state index contributed by atoms with van der Waals surface area (Å²) in [6.45, 7) is 0.736. The second kappa shape index (κ2) is 11.4. The topological polar surface area (TPSA) is 113 Å². The molecule has 0 saturated carbocycles. The van der Waals surface area contributed by atoms with E-state index < -0.39 is 0 Å². The number of nitrogens with one attached hydrogen (secondary N) is 3. The normalized spacial score (nSPS) is 12.1. The Morgan fingerprint density at radius 2 is 1.84 bits per heavy atom. The van der Waals surface area contributed by atoms with Gasteiger partial charge in [0.2, 0.25) is 0 Å². The Morgan fingerprint density at radius 3 is 2.50 bits per heavy atom. The molecule has 3 aromatic rings. The molecule has 7 nitrogen and oxygen atoms in total. The molecule has 0 aliphatic rings. The number of amides is 1. The summed E-state index contributed by atoms with van der Waals surface area (Å²) in [6.07, 6.45) is 4.39. The molecule has 1 amide bonds. The lowest BCUT2D eigenvalue weighted by Gasteiger charge is -2.20. The second-order valence-corrected chi connectivity index (χ2v) is 7.13. The van der Waals surface area contributed by atoms with Gasteiger partial charge in [-0.25, -0.2) is 4.98 Å². The van der Waals surface area contributed by atoms with Gasteiger partial charge in [-0.1, -0.05) is 60.7 Å². The fraction of sp³-hybridized carbons (Fsp3) is 0.160. The number of nitrogen functional groups attached to an aromatic ring is 1. The summed E-state index contributed by atoms with van der Waals surface area (Å²) in [4.78, 5) is 17.3. The van der Waals surface area contributed by atoms with E-state index in [0.29, 0.717) is 24.4 Å². The summed E-state index contributed by atoms with van der Waals surface area (Å²) >= 11 is 0. The van der Waals surface area contributed by atoms with E-state index in [9.17, 15) is 4.79 Å². The number of pyridine rings is 1.